The highest BCUT2D eigenvalue weighted by atomic mass is 32.1. The van der Waals surface area contributed by atoms with Crippen molar-refractivity contribution in [2.24, 2.45) is 5.92 Å². The molecule has 1 saturated carbocycles. The van der Waals surface area contributed by atoms with Gasteiger partial charge in [0.25, 0.3) is 0 Å². The van der Waals surface area contributed by atoms with Crippen LogP contribution in [0.15, 0.2) is 22.9 Å². The lowest BCUT2D eigenvalue weighted by Crippen LogP contribution is -2.37. The van der Waals surface area contributed by atoms with Gasteiger partial charge >= 0.3 is 0 Å². The second-order valence-electron chi connectivity index (χ2n) is 7.84. The first-order chi connectivity index (χ1) is 13.3. The molecule has 2 aliphatic rings. The minimum absolute atomic E-state index is 0.234. The predicted molar refractivity (Wildman–Crippen MR) is 113 cm³/mol. The van der Waals surface area contributed by atoms with E-state index >= 15 is 0 Å². The van der Waals surface area contributed by atoms with E-state index in [4.69, 9.17) is 0 Å². The van der Waals surface area contributed by atoms with Crippen molar-refractivity contribution >= 4 is 28.6 Å². The van der Waals surface area contributed by atoms with Crippen molar-refractivity contribution < 1.29 is 4.79 Å². The van der Waals surface area contributed by atoms with Gasteiger partial charge in [0.05, 0.1) is 17.0 Å². The number of hydrogen-bond donors (Lipinski definition) is 0. The van der Waals surface area contributed by atoms with E-state index in [0.29, 0.717) is 6.42 Å². The van der Waals surface area contributed by atoms with Crippen LogP contribution in [-0.2, 0) is 11.2 Å². The van der Waals surface area contributed by atoms with E-state index in [0.717, 1.165) is 49.2 Å². The summed E-state index contributed by atoms with van der Waals surface area (Å²) in [7, 11) is 0. The molecule has 2 aromatic heterocycles. The minimum Gasteiger partial charge on any atom is -0.341 e. The quantitative estimate of drug-likeness (QED) is 0.736. The van der Waals surface area contributed by atoms with Crippen molar-refractivity contribution in [2.75, 3.05) is 32.7 Å². The summed E-state index contributed by atoms with van der Waals surface area (Å²) in [5.74, 6) is 1.12. The smallest absolute Gasteiger partial charge is 0.228 e. The van der Waals surface area contributed by atoms with Gasteiger partial charge in [0.2, 0.25) is 5.91 Å². The number of aromatic nitrogens is 1. The molecular formula is C21H29N3OS2. The number of carbonyl (C=O) groups is 1. The molecule has 2 fully saturated rings. The maximum atomic E-state index is 12.8. The molecule has 0 N–H and O–H groups in total. The third-order valence-electron chi connectivity index (χ3n) is 5.80. The van der Waals surface area contributed by atoms with E-state index in [1.807, 2.05) is 11.4 Å². The van der Waals surface area contributed by atoms with Crippen LogP contribution in [0.4, 0.5) is 0 Å². The Labute approximate surface area is 170 Å². The van der Waals surface area contributed by atoms with E-state index in [-0.39, 0.29) is 5.91 Å². The van der Waals surface area contributed by atoms with Crippen molar-refractivity contribution in [1.29, 1.82) is 0 Å². The van der Waals surface area contributed by atoms with Gasteiger partial charge in [0.15, 0.2) is 0 Å². The molecule has 6 heteroatoms. The Morgan fingerprint density at radius 3 is 2.78 bits per heavy atom. The molecule has 4 nitrogen and oxygen atoms in total. The van der Waals surface area contributed by atoms with Gasteiger partial charge in [-0.2, -0.15) is 0 Å². The fourth-order valence-corrected chi connectivity index (χ4v) is 5.94. The van der Waals surface area contributed by atoms with Crippen LogP contribution in [0.5, 0.6) is 0 Å². The molecule has 146 valence electrons. The number of thiophene rings is 1. The average molecular weight is 404 g/mol. The zero-order chi connectivity index (χ0) is 18.5. The molecule has 1 saturated heterocycles. The highest BCUT2D eigenvalue weighted by Crippen LogP contribution is 2.28. The second kappa shape index (κ2) is 9.30. The largest absolute Gasteiger partial charge is 0.341 e. The van der Waals surface area contributed by atoms with Crippen molar-refractivity contribution in [3.8, 4) is 9.88 Å². The van der Waals surface area contributed by atoms with E-state index in [2.05, 4.69) is 26.2 Å². The highest BCUT2D eigenvalue weighted by Gasteiger charge is 2.23. The molecule has 1 aliphatic heterocycles. The maximum Gasteiger partial charge on any atom is 0.228 e. The number of nitrogens with zero attached hydrogens (tertiary/aromatic N) is 3. The first kappa shape index (κ1) is 19.1. The van der Waals surface area contributed by atoms with Crippen LogP contribution in [0, 0.1) is 5.92 Å². The van der Waals surface area contributed by atoms with Crippen molar-refractivity contribution in [3.63, 3.8) is 0 Å². The van der Waals surface area contributed by atoms with Crippen LogP contribution in [0.25, 0.3) is 9.88 Å². The number of hydrogen-bond acceptors (Lipinski definition) is 5. The predicted octanol–water partition coefficient (Wildman–Crippen LogP) is 4.53. The molecule has 2 aromatic rings. The Bertz CT molecular complexity index is 722. The van der Waals surface area contributed by atoms with E-state index in [9.17, 15) is 4.79 Å². The monoisotopic (exact) mass is 403 g/mol. The molecule has 4 rings (SSSR count). The summed E-state index contributed by atoms with van der Waals surface area (Å²) in [5.41, 5.74) is 0.914. The number of thiazole rings is 1. The topological polar surface area (TPSA) is 36.4 Å². The van der Waals surface area contributed by atoms with Crippen LogP contribution < -0.4 is 0 Å². The second-order valence-corrected chi connectivity index (χ2v) is 9.64. The molecule has 0 spiro atoms. The lowest BCUT2D eigenvalue weighted by molar-refractivity contribution is -0.130. The maximum absolute atomic E-state index is 12.8. The fraction of sp³-hybridized carbons (Fsp3) is 0.619. The summed E-state index contributed by atoms with van der Waals surface area (Å²) in [6.07, 6.45) is 8.56. The zero-order valence-electron chi connectivity index (χ0n) is 15.9. The molecular weight excluding hydrogens is 374 g/mol. The van der Waals surface area contributed by atoms with Gasteiger partial charge in [0.1, 0.15) is 5.01 Å². The van der Waals surface area contributed by atoms with Crippen LogP contribution in [-0.4, -0.2) is 53.4 Å². The standard InChI is InChI=1S/C21H29N3OS2/c25-20(14-18-16-27-21(22-18)19-8-4-13-26-19)24-10-5-9-23(11-12-24)15-17-6-2-1-3-7-17/h4,8,13,16-17H,1-3,5-7,9-12,14-15H2. The van der Waals surface area contributed by atoms with Gasteiger partial charge < -0.3 is 9.80 Å². The van der Waals surface area contributed by atoms with Gasteiger partial charge in [0, 0.05) is 31.6 Å². The Morgan fingerprint density at radius 1 is 1.07 bits per heavy atom. The van der Waals surface area contributed by atoms with Crippen molar-refractivity contribution in [3.05, 3.63) is 28.6 Å². The molecule has 0 atom stereocenters. The van der Waals surface area contributed by atoms with Gasteiger partial charge in [-0.05, 0) is 43.2 Å². The summed E-state index contributed by atoms with van der Waals surface area (Å²) in [5, 5.41) is 5.14. The first-order valence-electron chi connectivity index (χ1n) is 10.3. The number of amides is 1. The average Bonchev–Trinajstić information content (AvgIpc) is 3.32. The molecule has 0 bridgehead atoms. The fourth-order valence-electron chi connectivity index (χ4n) is 4.31. The Hall–Kier alpha value is -1.24. The molecule has 27 heavy (non-hydrogen) atoms. The Balaban J connectivity index is 1.28. The first-order valence-corrected chi connectivity index (χ1v) is 12.0. The highest BCUT2D eigenvalue weighted by molar-refractivity contribution is 7.20. The lowest BCUT2D eigenvalue weighted by atomic mass is 9.89. The molecule has 3 heterocycles. The van der Waals surface area contributed by atoms with Gasteiger partial charge in [-0.3, -0.25) is 4.79 Å². The summed E-state index contributed by atoms with van der Waals surface area (Å²) >= 11 is 3.34. The van der Waals surface area contributed by atoms with E-state index in [1.165, 1.54) is 43.5 Å². The van der Waals surface area contributed by atoms with E-state index in [1.54, 1.807) is 22.7 Å². The molecule has 1 aliphatic carbocycles. The summed E-state index contributed by atoms with van der Waals surface area (Å²) in [4.78, 5) is 23.3. The molecule has 0 radical (unpaired) electrons. The summed E-state index contributed by atoms with van der Waals surface area (Å²) < 4.78 is 0. The number of rotatable bonds is 5. The third-order valence-corrected chi connectivity index (χ3v) is 7.73. The van der Waals surface area contributed by atoms with Gasteiger partial charge in [-0.15, -0.1) is 22.7 Å². The minimum atomic E-state index is 0.234. The van der Waals surface area contributed by atoms with Gasteiger partial charge in [-0.1, -0.05) is 25.3 Å². The third kappa shape index (κ3) is 5.18. The molecule has 0 aromatic carbocycles. The van der Waals surface area contributed by atoms with Crippen LogP contribution in [0.2, 0.25) is 0 Å². The zero-order valence-corrected chi connectivity index (χ0v) is 17.6. The SMILES string of the molecule is O=C(Cc1csc(-c2cccs2)n1)N1CCCN(CC2CCCCC2)CC1. The molecule has 1 amide bonds. The van der Waals surface area contributed by atoms with Crippen LogP contribution in [0.1, 0.15) is 44.2 Å². The summed E-state index contributed by atoms with van der Waals surface area (Å²) in [6, 6.07) is 4.13. The lowest BCUT2D eigenvalue weighted by Gasteiger charge is -2.28. The van der Waals surface area contributed by atoms with Crippen molar-refractivity contribution in [2.45, 2.75) is 44.9 Å². The summed E-state index contributed by atoms with van der Waals surface area (Å²) in [6.45, 7) is 5.16. The number of carbonyl (C=O) groups excluding carboxylic acids is 1. The van der Waals surface area contributed by atoms with Gasteiger partial charge in [-0.25, -0.2) is 4.98 Å². The van der Waals surface area contributed by atoms with Crippen LogP contribution in [0.3, 0.4) is 0 Å². The van der Waals surface area contributed by atoms with Crippen molar-refractivity contribution in [1.82, 2.24) is 14.8 Å². The normalized spacial score (nSPS) is 19.9. The Kier molecular flexibility index (Phi) is 6.58. The molecule has 0 unspecified atom stereocenters. The van der Waals surface area contributed by atoms with Crippen LogP contribution >= 0.6 is 22.7 Å². The van der Waals surface area contributed by atoms with E-state index < -0.39 is 0 Å². The Morgan fingerprint density at radius 2 is 1.96 bits per heavy atom.